The maximum Gasteiger partial charge on any atom is 0.300 e. The van der Waals surface area contributed by atoms with Gasteiger partial charge in [0, 0.05) is 23.6 Å². The van der Waals surface area contributed by atoms with Crippen LogP contribution in [0.1, 0.15) is 42.5 Å². The summed E-state index contributed by atoms with van der Waals surface area (Å²) in [6, 6.07) is 14.7. The van der Waals surface area contributed by atoms with Crippen molar-refractivity contribution in [2.75, 3.05) is 4.90 Å². The Morgan fingerprint density at radius 1 is 0.969 bits per heavy atom. The normalized spacial score (nSPS) is 17.9. The maximum atomic E-state index is 13.1. The van der Waals surface area contributed by atoms with Gasteiger partial charge in [-0.1, -0.05) is 49.2 Å². The first kappa shape index (κ1) is 22.1. The third kappa shape index (κ3) is 3.90. The zero-order valence-corrected chi connectivity index (χ0v) is 18.9. The van der Waals surface area contributed by atoms with Gasteiger partial charge >= 0.3 is 0 Å². The van der Waals surface area contributed by atoms with E-state index in [2.05, 4.69) is 18.8 Å². The van der Waals surface area contributed by atoms with E-state index < -0.39 is 17.7 Å². The number of ketones is 1. The molecule has 1 amide bonds. The number of aliphatic hydroxyl groups excluding tert-OH is 1. The summed E-state index contributed by atoms with van der Waals surface area (Å²) in [6.07, 6.45) is 3.16. The molecule has 1 N–H and O–H groups in total. The van der Waals surface area contributed by atoms with Gasteiger partial charge in [-0.15, -0.1) is 0 Å². The van der Waals surface area contributed by atoms with E-state index in [0.29, 0.717) is 27.8 Å². The lowest BCUT2D eigenvalue weighted by Gasteiger charge is -2.25. The molecular weight excluding hydrogens is 447 g/mol. The summed E-state index contributed by atoms with van der Waals surface area (Å²) in [6.45, 7) is 4.16. The summed E-state index contributed by atoms with van der Waals surface area (Å²) >= 11 is 12.1. The van der Waals surface area contributed by atoms with E-state index in [1.54, 1.807) is 30.6 Å². The van der Waals surface area contributed by atoms with Crippen LogP contribution in [0.2, 0.25) is 10.0 Å². The summed E-state index contributed by atoms with van der Waals surface area (Å²) in [5.74, 6) is -1.48. The highest BCUT2D eigenvalue weighted by molar-refractivity contribution is 6.51. The van der Waals surface area contributed by atoms with Crippen LogP contribution in [-0.2, 0) is 9.59 Å². The molecule has 162 valence electrons. The van der Waals surface area contributed by atoms with Crippen LogP contribution < -0.4 is 4.90 Å². The Hall–Kier alpha value is -3.15. The van der Waals surface area contributed by atoms with Crippen LogP contribution in [0.4, 0.5) is 5.69 Å². The molecule has 2 heterocycles. The van der Waals surface area contributed by atoms with Gasteiger partial charge in [0.15, 0.2) is 0 Å². The molecule has 0 spiro atoms. The number of anilines is 1. The lowest BCUT2D eigenvalue weighted by molar-refractivity contribution is -0.132. The molecule has 1 unspecified atom stereocenters. The van der Waals surface area contributed by atoms with Gasteiger partial charge in [0.2, 0.25) is 0 Å². The average Bonchev–Trinajstić information content (AvgIpc) is 3.06. The average molecular weight is 467 g/mol. The Labute approximate surface area is 195 Å². The van der Waals surface area contributed by atoms with Crippen LogP contribution in [0.3, 0.4) is 0 Å². The molecule has 0 aliphatic carbocycles. The number of nitrogens with zero attached hydrogens (tertiary/aromatic N) is 2. The number of Topliss-reactive ketones (excluding diaryl/α,β-unsaturated/α-hetero) is 1. The van der Waals surface area contributed by atoms with Crippen LogP contribution in [0.5, 0.6) is 0 Å². The van der Waals surface area contributed by atoms with Crippen molar-refractivity contribution >= 4 is 46.3 Å². The smallest absolute Gasteiger partial charge is 0.300 e. The van der Waals surface area contributed by atoms with Crippen molar-refractivity contribution in [3.8, 4) is 0 Å². The van der Waals surface area contributed by atoms with Gasteiger partial charge in [-0.25, -0.2) is 0 Å². The number of hydrogen-bond acceptors (Lipinski definition) is 4. The van der Waals surface area contributed by atoms with E-state index in [1.165, 1.54) is 17.0 Å². The van der Waals surface area contributed by atoms with Gasteiger partial charge in [-0.3, -0.25) is 19.5 Å². The number of benzene rings is 2. The molecule has 3 aromatic rings. The number of amides is 1. The number of pyridine rings is 1. The molecule has 1 atom stereocenters. The monoisotopic (exact) mass is 466 g/mol. The second kappa shape index (κ2) is 8.77. The number of halogens is 2. The molecule has 1 saturated heterocycles. The quantitative estimate of drug-likeness (QED) is 0.284. The molecule has 0 saturated carbocycles. The third-order valence-corrected chi connectivity index (χ3v) is 6.24. The second-order valence-corrected chi connectivity index (χ2v) is 8.64. The fourth-order valence-corrected chi connectivity index (χ4v) is 4.08. The van der Waals surface area contributed by atoms with Crippen LogP contribution in [0, 0.1) is 0 Å². The van der Waals surface area contributed by atoms with E-state index in [1.807, 2.05) is 24.3 Å². The van der Waals surface area contributed by atoms with Gasteiger partial charge < -0.3 is 5.11 Å². The van der Waals surface area contributed by atoms with Crippen molar-refractivity contribution in [3.63, 3.8) is 0 Å². The Kier molecular flexibility index (Phi) is 6.04. The molecule has 32 heavy (non-hydrogen) atoms. The van der Waals surface area contributed by atoms with Crippen LogP contribution >= 0.6 is 23.2 Å². The van der Waals surface area contributed by atoms with Gasteiger partial charge in [0.05, 0.1) is 21.7 Å². The minimum Gasteiger partial charge on any atom is -0.507 e. The summed E-state index contributed by atoms with van der Waals surface area (Å²) < 4.78 is 0. The van der Waals surface area contributed by atoms with Gasteiger partial charge in [0.25, 0.3) is 11.7 Å². The SMILES string of the molecule is CC(C)c1ccc(N2C(=O)C(=O)/C(=C(\O)c3ccc(Cl)c(Cl)c3)C2c2ccncc2)cc1. The second-order valence-electron chi connectivity index (χ2n) is 7.82. The Bertz CT molecular complexity index is 1220. The van der Waals surface area contributed by atoms with E-state index in [0.717, 1.165) is 5.56 Å². The van der Waals surface area contributed by atoms with Crippen LogP contribution in [0.15, 0.2) is 72.6 Å². The number of aliphatic hydroxyl groups is 1. The first-order chi connectivity index (χ1) is 15.3. The summed E-state index contributed by atoms with van der Waals surface area (Å²) in [7, 11) is 0. The van der Waals surface area contributed by atoms with Gasteiger partial charge in [-0.2, -0.15) is 0 Å². The van der Waals surface area contributed by atoms with Crippen molar-refractivity contribution in [2.45, 2.75) is 25.8 Å². The summed E-state index contributed by atoms with van der Waals surface area (Å²) in [5, 5.41) is 11.6. The molecule has 0 radical (unpaired) electrons. The van der Waals surface area contributed by atoms with E-state index in [4.69, 9.17) is 23.2 Å². The zero-order chi connectivity index (χ0) is 23.0. The summed E-state index contributed by atoms with van der Waals surface area (Å²) in [5.41, 5.74) is 2.60. The standard InChI is InChI=1S/C25H20Cl2N2O3/c1-14(2)15-3-6-18(7-4-15)29-22(16-9-11-28-12-10-16)21(24(31)25(29)32)23(30)17-5-8-19(26)20(27)13-17/h3-14,22,30H,1-2H3/b23-21-. The van der Waals surface area contributed by atoms with Crippen molar-refractivity contribution in [1.29, 1.82) is 0 Å². The molecule has 1 aliphatic heterocycles. The predicted molar refractivity (Wildman–Crippen MR) is 126 cm³/mol. The van der Waals surface area contributed by atoms with Crippen LogP contribution in [0.25, 0.3) is 5.76 Å². The molecule has 4 rings (SSSR count). The highest BCUT2D eigenvalue weighted by atomic mass is 35.5. The Morgan fingerprint density at radius 2 is 1.62 bits per heavy atom. The largest absolute Gasteiger partial charge is 0.507 e. The molecule has 1 aliphatic rings. The first-order valence-corrected chi connectivity index (χ1v) is 10.8. The van der Waals surface area contributed by atoms with E-state index in [-0.39, 0.29) is 16.4 Å². The Balaban J connectivity index is 1.90. The molecule has 5 nitrogen and oxygen atoms in total. The van der Waals surface area contributed by atoms with Crippen molar-refractivity contribution < 1.29 is 14.7 Å². The zero-order valence-electron chi connectivity index (χ0n) is 17.4. The highest BCUT2D eigenvalue weighted by Gasteiger charge is 2.47. The number of aromatic nitrogens is 1. The summed E-state index contributed by atoms with van der Waals surface area (Å²) in [4.78, 5) is 31.7. The van der Waals surface area contributed by atoms with Crippen LogP contribution in [-0.4, -0.2) is 21.8 Å². The van der Waals surface area contributed by atoms with E-state index >= 15 is 0 Å². The molecular formula is C25H20Cl2N2O3. The molecule has 1 aromatic heterocycles. The van der Waals surface area contributed by atoms with Gasteiger partial charge in [-0.05, 0) is 59.5 Å². The number of rotatable bonds is 4. The minimum atomic E-state index is -0.822. The van der Waals surface area contributed by atoms with E-state index in [9.17, 15) is 14.7 Å². The van der Waals surface area contributed by atoms with Crippen molar-refractivity contribution in [2.24, 2.45) is 0 Å². The third-order valence-electron chi connectivity index (χ3n) is 5.50. The molecule has 0 bridgehead atoms. The first-order valence-electron chi connectivity index (χ1n) is 10.1. The number of carbonyl (C=O) groups is 2. The lowest BCUT2D eigenvalue weighted by atomic mass is 9.95. The molecule has 1 fully saturated rings. The van der Waals surface area contributed by atoms with Crippen molar-refractivity contribution in [1.82, 2.24) is 4.98 Å². The fraction of sp³-hybridized carbons (Fsp3) is 0.160. The minimum absolute atomic E-state index is 0.0208. The highest BCUT2D eigenvalue weighted by Crippen LogP contribution is 2.42. The molecule has 7 heteroatoms. The Morgan fingerprint density at radius 3 is 2.22 bits per heavy atom. The predicted octanol–water partition coefficient (Wildman–Crippen LogP) is 6.14. The fourth-order valence-electron chi connectivity index (χ4n) is 3.78. The lowest BCUT2D eigenvalue weighted by Crippen LogP contribution is -2.29. The number of carbonyl (C=O) groups excluding carboxylic acids is 2. The topological polar surface area (TPSA) is 70.5 Å². The maximum absolute atomic E-state index is 13.1. The van der Waals surface area contributed by atoms with Crippen molar-refractivity contribution in [3.05, 3.63) is 99.3 Å². The molecule has 2 aromatic carbocycles. The van der Waals surface area contributed by atoms with Gasteiger partial charge in [0.1, 0.15) is 5.76 Å². The number of hydrogen-bond donors (Lipinski definition) is 1.